The number of piperidine rings is 1. The maximum atomic E-state index is 12.5. The van der Waals surface area contributed by atoms with E-state index in [1.807, 2.05) is 0 Å². The third kappa shape index (κ3) is 2.37. The molecule has 0 aliphatic carbocycles. The van der Waals surface area contributed by atoms with Crippen molar-refractivity contribution >= 4 is 26.5 Å². The lowest BCUT2D eigenvalue weighted by molar-refractivity contribution is 0.155. The average Bonchev–Trinajstić information content (AvgIpc) is 2.69. The van der Waals surface area contributed by atoms with Gasteiger partial charge in [-0.25, -0.2) is 13.4 Å². The van der Waals surface area contributed by atoms with Crippen LogP contribution in [-0.4, -0.2) is 42.0 Å². The molecule has 0 bridgehead atoms. The SMILES string of the molecule is Cc1nc(N)sc1S(=O)(=O)N1CCCCC1CO. The normalized spacial score (nSPS) is 22.2. The monoisotopic (exact) mass is 291 g/mol. The number of rotatable bonds is 3. The van der Waals surface area contributed by atoms with E-state index in [0.717, 1.165) is 24.2 Å². The highest BCUT2D eigenvalue weighted by Gasteiger charge is 2.35. The molecule has 102 valence electrons. The standard InChI is InChI=1S/C10H17N3O3S2/c1-7-9(17-10(11)12-7)18(15,16)13-5-3-2-4-8(13)6-14/h8,14H,2-6H2,1H3,(H2,11,12). The first-order chi connectivity index (χ1) is 8.46. The molecule has 0 aromatic carbocycles. The Morgan fingerprint density at radius 3 is 2.83 bits per heavy atom. The van der Waals surface area contributed by atoms with Crippen LogP contribution >= 0.6 is 11.3 Å². The molecular weight excluding hydrogens is 274 g/mol. The van der Waals surface area contributed by atoms with E-state index in [-0.39, 0.29) is 22.0 Å². The summed E-state index contributed by atoms with van der Waals surface area (Å²) in [5, 5.41) is 9.56. The number of nitrogen functional groups attached to an aromatic ring is 1. The van der Waals surface area contributed by atoms with E-state index < -0.39 is 10.0 Å². The Morgan fingerprint density at radius 1 is 1.56 bits per heavy atom. The van der Waals surface area contributed by atoms with E-state index in [1.54, 1.807) is 6.92 Å². The number of anilines is 1. The molecule has 1 aromatic heterocycles. The molecule has 1 aromatic rings. The minimum Gasteiger partial charge on any atom is -0.395 e. The lowest BCUT2D eigenvalue weighted by Crippen LogP contribution is -2.45. The third-order valence-corrected chi connectivity index (χ3v) is 6.62. The number of sulfonamides is 1. The van der Waals surface area contributed by atoms with Gasteiger partial charge in [0.25, 0.3) is 10.0 Å². The van der Waals surface area contributed by atoms with Crippen molar-refractivity contribution in [2.24, 2.45) is 0 Å². The van der Waals surface area contributed by atoms with Crippen LogP contribution in [0.25, 0.3) is 0 Å². The summed E-state index contributed by atoms with van der Waals surface area (Å²) >= 11 is 0.983. The highest BCUT2D eigenvalue weighted by molar-refractivity contribution is 7.91. The molecule has 1 aliphatic rings. The van der Waals surface area contributed by atoms with Gasteiger partial charge in [-0.05, 0) is 19.8 Å². The highest BCUT2D eigenvalue weighted by Crippen LogP contribution is 2.31. The maximum Gasteiger partial charge on any atom is 0.254 e. The van der Waals surface area contributed by atoms with Gasteiger partial charge in [-0.2, -0.15) is 4.31 Å². The van der Waals surface area contributed by atoms with Crippen LogP contribution in [0.15, 0.2) is 4.21 Å². The van der Waals surface area contributed by atoms with Gasteiger partial charge in [0.05, 0.1) is 12.3 Å². The van der Waals surface area contributed by atoms with Crippen LogP contribution in [-0.2, 0) is 10.0 Å². The molecule has 1 saturated heterocycles. The van der Waals surface area contributed by atoms with Crippen LogP contribution in [0.1, 0.15) is 25.0 Å². The van der Waals surface area contributed by atoms with Gasteiger partial charge in [0.2, 0.25) is 0 Å². The van der Waals surface area contributed by atoms with Crippen LogP contribution in [0.5, 0.6) is 0 Å². The zero-order valence-corrected chi connectivity index (χ0v) is 11.8. The van der Waals surface area contributed by atoms with Crippen molar-refractivity contribution in [3.63, 3.8) is 0 Å². The minimum absolute atomic E-state index is 0.146. The van der Waals surface area contributed by atoms with E-state index in [0.29, 0.717) is 18.7 Å². The molecular formula is C10H17N3O3S2. The van der Waals surface area contributed by atoms with Gasteiger partial charge < -0.3 is 10.8 Å². The van der Waals surface area contributed by atoms with E-state index in [2.05, 4.69) is 4.98 Å². The van der Waals surface area contributed by atoms with Crippen molar-refractivity contribution in [3.05, 3.63) is 5.69 Å². The number of nitrogens with two attached hydrogens (primary N) is 1. The van der Waals surface area contributed by atoms with E-state index >= 15 is 0 Å². The zero-order valence-electron chi connectivity index (χ0n) is 10.2. The van der Waals surface area contributed by atoms with Crippen molar-refractivity contribution in [1.29, 1.82) is 0 Å². The van der Waals surface area contributed by atoms with E-state index in [9.17, 15) is 13.5 Å². The highest BCUT2D eigenvalue weighted by atomic mass is 32.2. The second kappa shape index (κ2) is 5.12. The molecule has 2 rings (SSSR count). The second-order valence-corrected chi connectivity index (χ2v) is 7.49. The Bertz CT molecular complexity index is 526. The van der Waals surface area contributed by atoms with Gasteiger partial charge >= 0.3 is 0 Å². The first kappa shape index (κ1) is 13.7. The quantitative estimate of drug-likeness (QED) is 0.848. The zero-order chi connectivity index (χ0) is 13.3. The fourth-order valence-corrected chi connectivity index (χ4v) is 5.32. The summed E-state index contributed by atoms with van der Waals surface area (Å²) in [6.07, 6.45) is 2.47. The molecule has 0 radical (unpaired) electrons. The summed E-state index contributed by atoms with van der Waals surface area (Å²) in [7, 11) is -3.58. The summed E-state index contributed by atoms with van der Waals surface area (Å²) in [6.45, 7) is 1.94. The summed E-state index contributed by atoms with van der Waals surface area (Å²) in [5.74, 6) is 0. The molecule has 0 saturated carbocycles. The molecule has 3 N–H and O–H groups in total. The minimum atomic E-state index is -3.58. The number of nitrogens with zero attached hydrogens (tertiary/aromatic N) is 2. The number of hydrogen-bond acceptors (Lipinski definition) is 6. The molecule has 1 fully saturated rings. The number of aryl methyl sites for hydroxylation is 1. The molecule has 1 unspecified atom stereocenters. The average molecular weight is 291 g/mol. The number of aliphatic hydroxyl groups excluding tert-OH is 1. The van der Waals surface area contributed by atoms with Gasteiger partial charge in [-0.3, -0.25) is 0 Å². The number of aromatic nitrogens is 1. The molecule has 18 heavy (non-hydrogen) atoms. The summed E-state index contributed by atoms with van der Waals surface area (Å²) in [5.41, 5.74) is 5.98. The Hall–Kier alpha value is -0.700. The van der Waals surface area contributed by atoms with Gasteiger partial charge in [-0.1, -0.05) is 17.8 Å². The van der Waals surface area contributed by atoms with Gasteiger partial charge in [-0.15, -0.1) is 0 Å². The smallest absolute Gasteiger partial charge is 0.254 e. The van der Waals surface area contributed by atoms with Crippen LogP contribution in [0, 0.1) is 6.92 Å². The van der Waals surface area contributed by atoms with E-state index in [1.165, 1.54) is 4.31 Å². The predicted molar refractivity (Wildman–Crippen MR) is 69.9 cm³/mol. The third-order valence-electron chi connectivity index (χ3n) is 3.10. The number of aliphatic hydroxyl groups is 1. The summed E-state index contributed by atoms with van der Waals surface area (Å²) in [6, 6.07) is -0.327. The van der Waals surface area contributed by atoms with Crippen molar-refractivity contribution in [3.8, 4) is 0 Å². The van der Waals surface area contributed by atoms with Crippen LogP contribution in [0.3, 0.4) is 0 Å². The van der Waals surface area contributed by atoms with Gasteiger partial charge in [0, 0.05) is 12.6 Å². The molecule has 6 nitrogen and oxygen atoms in total. The predicted octanol–water partition coefficient (Wildman–Crippen LogP) is 0.569. The first-order valence-corrected chi connectivity index (χ1v) is 8.08. The van der Waals surface area contributed by atoms with Gasteiger partial charge in [0.15, 0.2) is 9.34 Å². The largest absolute Gasteiger partial charge is 0.395 e. The van der Waals surface area contributed by atoms with Crippen molar-refractivity contribution < 1.29 is 13.5 Å². The first-order valence-electron chi connectivity index (χ1n) is 5.82. The lowest BCUT2D eigenvalue weighted by atomic mass is 10.1. The van der Waals surface area contributed by atoms with Crippen LogP contribution < -0.4 is 5.73 Å². The number of thiazole rings is 1. The summed E-state index contributed by atoms with van der Waals surface area (Å²) in [4.78, 5) is 3.95. The Morgan fingerprint density at radius 2 is 2.28 bits per heavy atom. The van der Waals surface area contributed by atoms with Crippen LogP contribution in [0.2, 0.25) is 0 Å². The Kier molecular flexibility index (Phi) is 3.90. The molecule has 2 heterocycles. The molecule has 1 atom stereocenters. The molecule has 0 amide bonds. The topological polar surface area (TPSA) is 96.5 Å². The Balaban J connectivity index is 2.38. The van der Waals surface area contributed by atoms with Crippen molar-refractivity contribution in [1.82, 2.24) is 9.29 Å². The maximum absolute atomic E-state index is 12.5. The van der Waals surface area contributed by atoms with Crippen LogP contribution in [0.4, 0.5) is 5.13 Å². The summed E-state index contributed by atoms with van der Waals surface area (Å²) < 4.78 is 26.6. The van der Waals surface area contributed by atoms with E-state index in [4.69, 9.17) is 5.73 Å². The lowest BCUT2D eigenvalue weighted by Gasteiger charge is -2.33. The van der Waals surface area contributed by atoms with Crippen molar-refractivity contribution in [2.45, 2.75) is 36.4 Å². The van der Waals surface area contributed by atoms with Crippen molar-refractivity contribution in [2.75, 3.05) is 18.9 Å². The number of hydrogen-bond donors (Lipinski definition) is 2. The molecule has 8 heteroatoms. The molecule has 0 spiro atoms. The second-order valence-electron chi connectivity index (χ2n) is 4.37. The Labute approximate surface area is 110 Å². The fourth-order valence-electron chi connectivity index (χ4n) is 2.22. The van der Waals surface area contributed by atoms with Gasteiger partial charge in [0.1, 0.15) is 0 Å². The molecule has 1 aliphatic heterocycles. The fraction of sp³-hybridized carbons (Fsp3) is 0.700.